The fourth-order valence-corrected chi connectivity index (χ4v) is 7.38. The van der Waals surface area contributed by atoms with E-state index >= 15 is 0 Å². The molecule has 0 radical (unpaired) electrons. The number of thiazole rings is 1. The summed E-state index contributed by atoms with van der Waals surface area (Å²) in [6, 6.07) is 7.93. The van der Waals surface area contributed by atoms with Gasteiger partial charge in [-0.15, -0.1) is 22.7 Å². The number of hydrogen-bond donors (Lipinski definition) is 0. The van der Waals surface area contributed by atoms with E-state index in [2.05, 4.69) is 52.2 Å². The Labute approximate surface area is 213 Å². The number of fused-ring (bicyclic) bond motifs is 1. The molecule has 3 aromatic rings. The zero-order valence-corrected chi connectivity index (χ0v) is 23.0. The number of hydrogen-bond acceptors (Lipinski definition) is 6. The molecular formula is C23H23BrClN3OS3. The van der Waals surface area contributed by atoms with Crippen LogP contribution in [0.15, 0.2) is 48.1 Å². The number of aliphatic imine (C=N–C) groups is 1. The average Bonchev–Trinajstić information content (AvgIpc) is 3.40. The molecule has 2 aromatic heterocycles. The topological polar surface area (TPSA) is 37.6 Å². The molecule has 0 saturated carbocycles. The molecule has 0 bridgehead atoms. The van der Waals surface area contributed by atoms with Gasteiger partial charge in [0.25, 0.3) is 5.56 Å². The van der Waals surface area contributed by atoms with Crippen LogP contribution >= 0.6 is 62.0 Å². The van der Waals surface area contributed by atoms with E-state index in [0.29, 0.717) is 18.1 Å². The molecule has 1 aromatic carbocycles. The van der Waals surface area contributed by atoms with E-state index in [4.69, 9.17) is 16.6 Å². The highest BCUT2D eigenvalue weighted by molar-refractivity contribution is 9.11. The molecule has 4 nitrogen and oxygen atoms in total. The molecule has 0 spiro atoms. The molecule has 0 atom stereocenters. The Kier molecular flexibility index (Phi) is 7.36. The summed E-state index contributed by atoms with van der Waals surface area (Å²) in [5, 5.41) is 3.71. The van der Waals surface area contributed by atoms with Crippen LogP contribution in [-0.4, -0.2) is 17.3 Å². The van der Waals surface area contributed by atoms with Crippen LogP contribution in [0, 0.1) is 5.92 Å². The third-order valence-electron chi connectivity index (χ3n) is 5.21. The summed E-state index contributed by atoms with van der Waals surface area (Å²) < 4.78 is 4.64. The van der Waals surface area contributed by atoms with Crippen molar-refractivity contribution in [1.82, 2.24) is 4.57 Å². The molecular weight excluding hydrogens is 546 g/mol. The van der Waals surface area contributed by atoms with E-state index in [9.17, 15) is 4.79 Å². The number of benzene rings is 1. The van der Waals surface area contributed by atoms with E-state index in [1.807, 2.05) is 36.7 Å². The predicted octanol–water partition coefficient (Wildman–Crippen LogP) is 5.79. The maximum Gasteiger partial charge on any atom is 0.271 e. The van der Waals surface area contributed by atoms with E-state index in [1.165, 1.54) is 16.9 Å². The molecule has 4 rings (SSSR count). The van der Waals surface area contributed by atoms with Crippen LogP contribution in [0.4, 0.5) is 5.69 Å². The maximum absolute atomic E-state index is 13.3. The van der Waals surface area contributed by atoms with Crippen molar-refractivity contribution in [1.29, 1.82) is 0 Å². The van der Waals surface area contributed by atoms with Crippen molar-refractivity contribution in [2.24, 2.45) is 10.9 Å². The van der Waals surface area contributed by atoms with Crippen molar-refractivity contribution in [3.63, 3.8) is 0 Å². The first kappa shape index (κ1) is 23.8. The molecule has 9 heteroatoms. The highest BCUT2D eigenvalue weighted by atomic mass is 79.9. The van der Waals surface area contributed by atoms with Gasteiger partial charge in [0, 0.05) is 29.2 Å². The summed E-state index contributed by atoms with van der Waals surface area (Å²) in [5.74, 6) is 0.251. The third-order valence-corrected chi connectivity index (χ3v) is 9.72. The van der Waals surface area contributed by atoms with Gasteiger partial charge in [0.1, 0.15) is 14.2 Å². The number of halogens is 2. The second-order valence-electron chi connectivity index (χ2n) is 7.66. The molecule has 0 saturated heterocycles. The largest absolute Gasteiger partial charge is 0.337 e. The van der Waals surface area contributed by atoms with Gasteiger partial charge >= 0.3 is 0 Å². The number of aromatic nitrogens is 1. The number of rotatable bonds is 5. The Morgan fingerprint density at radius 2 is 2.09 bits per heavy atom. The van der Waals surface area contributed by atoms with Gasteiger partial charge in [-0.25, -0.2) is 0 Å². The normalized spacial score (nSPS) is 16.4. The Balaban J connectivity index is 1.82. The van der Waals surface area contributed by atoms with Crippen LogP contribution in [0.3, 0.4) is 0 Å². The van der Waals surface area contributed by atoms with Gasteiger partial charge in [-0.05, 0) is 70.1 Å². The van der Waals surface area contributed by atoms with Gasteiger partial charge in [0.2, 0.25) is 0 Å². The van der Waals surface area contributed by atoms with Crippen molar-refractivity contribution >= 4 is 84.5 Å². The Morgan fingerprint density at radius 1 is 1.31 bits per heavy atom. The van der Waals surface area contributed by atoms with Gasteiger partial charge in [-0.1, -0.05) is 37.2 Å². The van der Waals surface area contributed by atoms with Gasteiger partial charge < -0.3 is 4.90 Å². The number of thiophene rings is 1. The number of nitrogens with zero attached hydrogens (tertiary/aromatic N) is 3. The molecule has 0 N–H and O–H groups in total. The third kappa shape index (κ3) is 4.66. The molecule has 168 valence electrons. The number of thioether (sulfide) groups is 1. The Bertz CT molecular complexity index is 1370. The van der Waals surface area contributed by atoms with Gasteiger partial charge in [0.15, 0.2) is 0 Å². The second-order valence-corrected chi connectivity index (χ2v) is 12.4. The molecule has 0 fully saturated rings. The highest BCUT2D eigenvalue weighted by Gasteiger charge is 2.25. The fourth-order valence-electron chi connectivity index (χ4n) is 3.43. The number of anilines is 1. The minimum atomic E-state index is 0.0423. The van der Waals surface area contributed by atoms with Crippen LogP contribution in [0.1, 0.15) is 26.3 Å². The highest BCUT2D eigenvalue weighted by Crippen LogP contribution is 2.46. The average molecular weight is 569 g/mol. The van der Waals surface area contributed by atoms with Crippen LogP contribution in [0.2, 0.25) is 5.02 Å². The standard InChI is InChI=1S/C23H23BrClN3OS3/c1-5-28-19(11-16(13(2)3)26-12-14-8-9-30-21(14)24)32-20(22(28)29)23-27(4)17-7-6-15(25)10-18(17)31-23/h6-11,13H,5,12H2,1-4H3/b19-11-,23-20+,26-16?. The minimum Gasteiger partial charge on any atom is -0.337 e. The quantitative estimate of drug-likeness (QED) is 0.366. The lowest BCUT2D eigenvalue weighted by atomic mass is 10.1. The minimum absolute atomic E-state index is 0.0423. The van der Waals surface area contributed by atoms with E-state index in [0.717, 1.165) is 34.3 Å². The molecule has 0 amide bonds. The lowest BCUT2D eigenvalue weighted by Gasteiger charge is -2.12. The molecule has 1 aliphatic rings. The first-order valence-corrected chi connectivity index (χ1v) is 13.9. The van der Waals surface area contributed by atoms with Crippen LogP contribution in [0.5, 0.6) is 0 Å². The smallest absolute Gasteiger partial charge is 0.271 e. The predicted molar refractivity (Wildman–Crippen MR) is 145 cm³/mol. The van der Waals surface area contributed by atoms with Crippen LogP contribution < -0.4 is 19.7 Å². The summed E-state index contributed by atoms with van der Waals surface area (Å²) in [6.07, 6.45) is 2.08. The first-order valence-electron chi connectivity index (χ1n) is 10.2. The van der Waals surface area contributed by atoms with Crippen molar-refractivity contribution in [3.8, 4) is 0 Å². The zero-order valence-electron chi connectivity index (χ0n) is 18.2. The summed E-state index contributed by atoms with van der Waals surface area (Å²) in [6.45, 7) is 7.51. The Hall–Kier alpha value is -1.32. The zero-order chi connectivity index (χ0) is 23.0. The summed E-state index contributed by atoms with van der Waals surface area (Å²) in [7, 11) is 2.00. The van der Waals surface area contributed by atoms with Crippen molar-refractivity contribution in [2.75, 3.05) is 11.9 Å². The lowest BCUT2D eigenvalue weighted by Crippen LogP contribution is -2.33. The summed E-state index contributed by atoms with van der Waals surface area (Å²) in [4.78, 5) is 21.4. The summed E-state index contributed by atoms with van der Waals surface area (Å²) in [5.41, 5.74) is 3.28. The second kappa shape index (κ2) is 9.89. The van der Waals surface area contributed by atoms with E-state index < -0.39 is 0 Å². The SMILES string of the molecule is CCn1c(=O)/c(=C2\Sc3cc(Cl)ccc3N2C)s/c1=C\C(=NCc1ccsc1Br)C(C)C. The molecule has 0 unspecified atom stereocenters. The van der Waals surface area contributed by atoms with E-state index in [1.54, 1.807) is 23.1 Å². The lowest BCUT2D eigenvalue weighted by molar-refractivity contribution is 0.722. The van der Waals surface area contributed by atoms with Gasteiger partial charge in [-0.2, -0.15) is 0 Å². The first-order chi connectivity index (χ1) is 15.3. The van der Waals surface area contributed by atoms with Gasteiger partial charge in [0.05, 0.1) is 16.0 Å². The molecule has 1 aliphatic heterocycles. The van der Waals surface area contributed by atoms with Crippen molar-refractivity contribution < 1.29 is 0 Å². The molecule has 32 heavy (non-hydrogen) atoms. The van der Waals surface area contributed by atoms with Crippen molar-refractivity contribution in [3.05, 3.63) is 63.6 Å². The van der Waals surface area contributed by atoms with E-state index in [-0.39, 0.29) is 11.5 Å². The maximum atomic E-state index is 13.3. The van der Waals surface area contributed by atoms with Crippen molar-refractivity contribution in [2.45, 2.75) is 38.8 Å². The Morgan fingerprint density at radius 3 is 2.75 bits per heavy atom. The van der Waals surface area contributed by atoms with Gasteiger partial charge in [-0.3, -0.25) is 14.4 Å². The molecule has 3 heterocycles. The van der Waals surface area contributed by atoms with Crippen LogP contribution in [0.25, 0.3) is 11.1 Å². The molecule has 0 aliphatic carbocycles. The van der Waals surface area contributed by atoms with Crippen LogP contribution in [-0.2, 0) is 13.1 Å². The fraction of sp³-hybridized carbons (Fsp3) is 0.304. The monoisotopic (exact) mass is 567 g/mol. The summed E-state index contributed by atoms with van der Waals surface area (Å²) >= 11 is 14.6.